The van der Waals surface area contributed by atoms with E-state index in [4.69, 9.17) is 0 Å². The van der Waals surface area contributed by atoms with Crippen LogP contribution in [-0.2, 0) is 0 Å². The third-order valence-electron chi connectivity index (χ3n) is 4.53. The van der Waals surface area contributed by atoms with Crippen molar-refractivity contribution in [2.45, 2.75) is 32.6 Å². The number of pyridine rings is 1. The zero-order chi connectivity index (χ0) is 17.6. The van der Waals surface area contributed by atoms with Gasteiger partial charge in [-0.15, -0.1) is 0 Å². The molecule has 1 aromatic heterocycles. The summed E-state index contributed by atoms with van der Waals surface area (Å²) in [5.74, 6) is -0.299. The number of carbonyl (C=O) groups is 2. The molecule has 0 saturated carbocycles. The van der Waals surface area contributed by atoms with E-state index in [9.17, 15) is 9.59 Å². The number of aromatic nitrogens is 1. The molecule has 0 radical (unpaired) electrons. The minimum absolute atomic E-state index is 0.0417. The van der Waals surface area contributed by atoms with Gasteiger partial charge < -0.3 is 10.2 Å². The number of nitrogens with zero attached hydrogens (tertiary/aromatic N) is 2. The van der Waals surface area contributed by atoms with E-state index in [1.54, 1.807) is 6.07 Å². The van der Waals surface area contributed by atoms with Crippen molar-refractivity contribution in [2.24, 2.45) is 0 Å². The summed E-state index contributed by atoms with van der Waals surface area (Å²) in [5, 5.41) is 2.88. The predicted molar refractivity (Wildman–Crippen MR) is 97.7 cm³/mol. The lowest BCUT2D eigenvalue weighted by Crippen LogP contribution is -2.32. The minimum atomic E-state index is -0.257. The summed E-state index contributed by atoms with van der Waals surface area (Å²) in [7, 11) is 0. The Morgan fingerprint density at radius 1 is 1.00 bits per heavy atom. The summed E-state index contributed by atoms with van der Waals surface area (Å²) >= 11 is 0. The Kier molecular flexibility index (Phi) is 5.43. The monoisotopic (exact) mass is 337 g/mol. The van der Waals surface area contributed by atoms with Crippen LogP contribution in [0.25, 0.3) is 0 Å². The van der Waals surface area contributed by atoms with E-state index in [2.05, 4.69) is 10.3 Å². The number of rotatable bonds is 3. The van der Waals surface area contributed by atoms with Crippen molar-refractivity contribution < 1.29 is 9.59 Å². The maximum absolute atomic E-state index is 12.7. The largest absolute Gasteiger partial charge is 0.339 e. The molecule has 1 aromatic carbocycles. The molecule has 1 fully saturated rings. The number of para-hydroxylation sites is 1. The fourth-order valence-electron chi connectivity index (χ4n) is 3.05. The minimum Gasteiger partial charge on any atom is -0.339 e. The van der Waals surface area contributed by atoms with Crippen LogP contribution in [0, 0.1) is 6.92 Å². The summed E-state index contributed by atoms with van der Waals surface area (Å²) in [6.07, 6.45) is 7.44. The van der Waals surface area contributed by atoms with Crippen LogP contribution in [0.5, 0.6) is 0 Å². The van der Waals surface area contributed by atoms with Crippen LogP contribution in [0.15, 0.2) is 42.7 Å². The average molecular weight is 337 g/mol. The molecule has 1 aliphatic rings. The van der Waals surface area contributed by atoms with E-state index >= 15 is 0 Å². The molecule has 2 amide bonds. The average Bonchev–Trinajstić information content (AvgIpc) is 2.92. The number of aryl methyl sites for hydroxylation is 1. The molecule has 2 heterocycles. The fourth-order valence-corrected chi connectivity index (χ4v) is 3.05. The lowest BCUT2D eigenvalue weighted by atomic mass is 10.1. The number of nitrogens with one attached hydrogen (secondary N) is 1. The van der Waals surface area contributed by atoms with Crippen LogP contribution >= 0.6 is 0 Å². The number of hydrogen-bond acceptors (Lipinski definition) is 3. The van der Waals surface area contributed by atoms with E-state index in [1.807, 2.05) is 36.1 Å². The molecule has 1 saturated heterocycles. The Balaban J connectivity index is 1.75. The van der Waals surface area contributed by atoms with Crippen LogP contribution in [0.1, 0.15) is 52.0 Å². The van der Waals surface area contributed by atoms with Gasteiger partial charge >= 0.3 is 0 Å². The molecule has 3 rings (SSSR count). The molecule has 2 aromatic rings. The summed E-state index contributed by atoms with van der Waals surface area (Å²) in [6.45, 7) is 3.49. The van der Waals surface area contributed by atoms with Crippen LogP contribution in [0.4, 0.5) is 5.69 Å². The number of benzene rings is 1. The summed E-state index contributed by atoms with van der Waals surface area (Å²) in [5.41, 5.74) is 2.61. The SMILES string of the molecule is Cc1ccccc1NC(=O)c1cncc(C(=O)N2CCCCCC2)c1. The molecule has 1 N–H and O–H groups in total. The van der Waals surface area contributed by atoms with Crippen molar-refractivity contribution in [3.8, 4) is 0 Å². The third-order valence-corrected chi connectivity index (χ3v) is 4.53. The van der Waals surface area contributed by atoms with E-state index in [1.165, 1.54) is 25.2 Å². The summed E-state index contributed by atoms with van der Waals surface area (Å²) in [4.78, 5) is 31.2. The van der Waals surface area contributed by atoms with Crippen molar-refractivity contribution in [2.75, 3.05) is 18.4 Å². The van der Waals surface area contributed by atoms with Crippen molar-refractivity contribution in [3.05, 3.63) is 59.4 Å². The van der Waals surface area contributed by atoms with Crippen LogP contribution in [0.3, 0.4) is 0 Å². The number of likely N-dealkylation sites (tertiary alicyclic amines) is 1. The molecule has 0 aliphatic carbocycles. The van der Waals surface area contributed by atoms with Gasteiger partial charge in [0.25, 0.3) is 11.8 Å². The van der Waals surface area contributed by atoms with Gasteiger partial charge in [-0.25, -0.2) is 0 Å². The molecule has 5 heteroatoms. The highest BCUT2D eigenvalue weighted by Crippen LogP contribution is 2.16. The van der Waals surface area contributed by atoms with Crippen LogP contribution in [-0.4, -0.2) is 34.8 Å². The first-order valence-corrected chi connectivity index (χ1v) is 8.76. The molecule has 130 valence electrons. The number of carbonyl (C=O) groups excluding carboxylic acids is 2. The molecule has 0 bridgehead atoms. The molecular weight excluding hydrogens is 314 g/mol. The number of anilines is 1. The van der Waals surface area contributed by atoms with Gasteiger partial charge in [0, 0.05) is 31.2 Å². The van der Waals surface area contributed by atoms with Gasteiger partial charge in [-0.05, 0) is 37.5 Å². The second-order valence-electron chi connectivity index (χ2n) is 6.44. The zero-order valence-electron chi connectivity index (χ0n) is 14.5. The molecule has 25 heavy (non-hydrogen) atoms. The molecule has 1 aliphatic heterocycles. The van der Waals surface area contributed by atoms with E-state index in [-0.39, 0.29) is 11.8 Å². The highest BCUT2D eigenvalue weighted by molar-refractivity contribution is 6.06. The topological polar surface area (TPSA) is 62.3 Å². The maximum atomic E-state index is 12.7. The first kappa shape index (κ1) is 17.1. The molecule has 0 spiro atoms. The van der Waals surface area contributed by atoms with Crippen molar-refractivity contribution in [1.82, 2.24) is 9.88 Å². The van der Waals surface area contributed by atoms with E-state index < -0.39 is 0 Å². The normalized spacial score (nSPS) is 14.7. The highest BCUT2D eigenvalue weighted by Gasteiger charge is 2.19. The number of hydrogen-bond donors (Lipinski definition) is 1. The van der Waals surface area contributed by atoms with Crippen molar-refractivity contribution >= 4 is 17.5 Å². The molecule has 5 nitrogen and oxygen atoms in total. The zero-order valence-corrected chi connectivity index (χ0v) is 14.5. The van der Waals surface area contributed by atoms with E-state index in [0.717, 1.165) is 37.2 Å². The summed E-state index contributed by atoms with van der Waals surface area (Å²) < 4.78 is 0. The third kappa shape index (κ3) is 4.24. The molecule has 0 atom stereocenters. The first-order chi connectivity index (χ1) is 12.1. The van der Waals surface area contributed by atoms with E-state index in [0.29, 0.717) is 11.1 Å². The van der Waals surface area contributed by atoms with Crippen molar-refractivity contribution in [3.63, 3.8) is 0 Å². The van der Waals surface area contributed by atoms with Gasteiger partial charge in [-0.3, -0.25) is 14.6 Å². The van der Waals surface area contributed by atoms with Gasteiger partial charge in [-0.1, -0.05) is 31.0 Å². The Bertz CT molecular complexity index is 765. The standard InChI is InChI=1S/C20H23N3O2/c1-15-8-4-5-9-18(15)22-19(24)16-12-17(14-21-13-16)20(25)23-10-6-2-3-7-11-23/h4-5,8-9,12-14H,2-3,6-7,10-11H2,1H3,(H,22,24). The van der Waals surface area contributed by atoms with Gasteiger partial charge in [0.1, 0.15) is 0 Å². The Morgan fingerprint density at radius 2 is 1.68 bits per heavy atom. The molecular formula is C20H23N3O2. The quantitative estimate of drug-likeness (QED) is 0.930. The second-order valence-corrected chi connectivity index (χ2v) is 6.44. The summed E-state index contributed by atoms with van der Waals surface area (Å²) in [6, 6.07) is 9.22. The second kappa shape index (κ2) is 7.92. The maximum Gasteiger partial charge on any atom is 0.257 e. The Labute approximate surface area is 148 Å². The van der Waals surface area contributed by atoms with Gasteiger partial charge in [0.05, 0.1) is 11.1 Å². The molecule has 0 unspecified atom stereocenters. The number of amides is 2. The van der Waals surface area contributed by atoms with Gasteiger partial charge in [0.15, 0.2) is 0 Å². The Morgan fingerprint density at radius 3 is 2.40 bits per heavy atom. The predicted octanol–water partition coefficient (Wildman–Crippen LogP) is 3.66. The smallest absolute Gasteiger partial charge is 0.257 e. The Hall–Kier alpha value is -2.69. The lowest BCUT2D eigenvalue weighted by molar-refractivity contribution is 0.0761. The van der Waals surface area contributed by atoms with Gasteiger partial charge in [-0.2, -0.15) is 0 Å². The first-order valence-electron chi connectivity index (χ1n) is 8.76. The van der Waals surface area contributed by atoms with Gasteiger partial charge in [0.2, 0.25) is 0 Å². The fraction of sp³-hybridized carbons (Fsp3) is 0.350. The van der Waals surface area contributed by atoms with Crippen LogP contribution in [0.2, 0.25) is 0 Å². The van der Waals surface area contributed by atoms with Crippen molar-refractivity contribution in [1.29, 1.82) is 0 Å². The van der Waals surface area contributed by atoms with Crippen LogP contribution < -0.4 is 5.32 Å². The highest BCUT2D eigenvalue weighted by atomic mass is 16.2. The lowest BCUT2D eigenvalue weighted by Gasteiger charge is -2.20.